The third-order valence-corrected chi connectivity index (χ3v) is 4.23. The lowest BCUT2D eigenvalue weighted by molar-refractivity contribution is 0.601. The second-order valence-electron chi connectivity index (χ2n) is 5.66. The van der Waals surface area contributed by atoms with Gasteiger partial charge in [0.15, 0.2) is 0 Å². The van der Waals surface area contributed by atoms with Gasteiger partial charge in [-0.1, -0.05) is 48.0 Å². The van der Waals surface area contributed by atoms with E-state index in [1.54, 1.807) is 0 Å². The third-order valence-electron chi connectivity index (χ3n) is 4.23. The van der Waals surface area contributed by atoms with Crippen LogP contribution in [0.1, 0.15) is 28.4 Å². The van der Waals surface area contributed by atoms with E-state index < -0.39 is 0 Å². The summed E-state index contributed by atoms with van der Waals surface area (Å²) in [5.41, 5.74) is 6.52. The van der Waals surface area contributed by atoms with Crippen molar-refractivity contribution in [2.45, 2.75) is 19.5 Å². The van der Waals surface area contributed by atoms with Gasteiger partial charge in [0, 0.05) is 24.1 Å². The molecule has 0 fully saturated rings. The van der Waals surface area contributed by atoms with E-state index in [-0.39, 0.29) is 18.4 Å². The maximum Gasteiger partial charge on any atom is 0.0737 e. The smallest absolute Gasteiger partial charge is 0.0737 e. The molecule has 2 nitrogen and oxygen atoms in total. The molecule has 2 aromatic carbocycles. The Morgan fingerprint density at radius 2 is 1.73 bits per heavy atom. The molecule has 0 saturated carbocycles. The Bertz CT molecular complexity index is 774. The average molecular weight is 311 g/mol. The van der Waals surface area contributed by atoms with E-state index in [1.165, 1.54) is 28.1 Å². The number of nitrogens with one attached hydrogen (secondary N) is 1. The summed E-state index contributed by atoms with van der Waals surface area (Å²) in [5, 5.41) is 3.70. The number of fused-ring (bicyclic) bond motifs is 3. The standard InChI is InChI=1S/C19H18N2.ClH/c1-14-8-10-15(11-9-14)19-18-7-4-12-21(18)17-6-3-2-5-16(17)13-20-19;/h2-12,19-20H,13H2,1H3;1H. The maximum atomic E-state index is 3.70. The predicted molar refractivity (Wildman–Crippen MR) is 92.9 cm³/mol. The van der Waals surface area contributed by atoms with Crippen molar-refractivity contribution in [3.05, 3.63) is 89.2 Å². The highest BCUT2D eigenvalue weighted by atomic mass is 35.5. The van der Waals surface area contributed by atoms with Crippen LogP contribution in [0.4, 0.5) is 0 Å². The summed E-state index contributed by atoms with van der Waals surface area (Å²) in [6.45, 7) is 3.01. The summed E-state index contributed by atoms with van der Waals surface area (Å²) in [4.78, 5) is 0. The van der Waals surface area contributed by atoms with Crippen molar-refractivity contribution in [3.8, 4) is 5.69 Å². The van der Waals surface area contributed by atoms with Crippen LogP contribution in [-0.4, -0.2) is 4.57 Å². The molecule has 0 amide bonds. The van der Waals surface area contributed by atoms with Gasteiger partial charge in [0.25, 0.3) is 0 Å². The molecular formula is C19H19ClN2. The molecule has 2 heterocycles. The Morgan fingerprint density at radius 1 is 0.955 bits per heavy atom. The van der Waals surface area contributed by atoms with Gasteiger partial charge in [-0.15, -0.1) is 12.4 Å². The van der Waals surface area contributed by atoms with Gasteiger partial charge < -0.3 is 9.88 Å². The SMILES string of the molecule is Cc1ccc(C2NCc3ccccc3-n3cccc32)cc1.Cl. The zero-order valence-electron chi connectivity index (χ0n) is 12.5. The van der Waals surface area contributed by atoms with Gasteiger partial charge in [-0.3, -0.25) is 0 Å². The first-order valence-electron chi connectivity index (χ1n) is 7.38. The molecule has 3 heteroatoms. The number of halogens is 1. The lowest BCUT2D eigenvalue weighted by Gasteiger charge is -2.18. The normalized spacial score (nSPS) is 16.1. The molecule has 1 aliphatic heterocycles. The summed E-state index contributed by atoms with van der Waals surface area (Å²) < 4.78 is 2.31. The second kappa shape index (κ2) is 5.99. The fraction of sp³-hybridized carbons (Fsp3) is 0.158. The van der Waals surface area contributed by atoms with Crippen LogP contribution < -0.4 is 5.32 Å². The molecule has 1 atom stereocenters. The van der Waals surface area contributed by atoms with E-state index in [0.29, 0.717) is 0 Å². The lowest BCUT2D eigenvalue weighted by Crippen LogP contribution is -2.21. The van der Waals surface area contributed by atoms with Crippen LogP contribution in [0.5, 0.6) is 0 Å². The molecule has 1 aliphatic rings. The number of hydrogen-bond acceptors (Lipinski definition) is 1. The Balaban J connectivity index is 0.00000144. The monoisotopic (exact) mass is 310 g/mol. The molecule has 112 valence electrons. The Morgan fingerprint density at radius 3 is 2.55 bits per heavy atom. The first-order chi connectivity index (χ1) is 10.3. The molecule has 0 spiro atoms. The zero-order chi connectivity index (χ0) is 14.2. The van der Waals surface area contributed by atoms with Crippen molar-refractivity contribution in [1.29, 1.82) is 0 Å². The maximum absolute atomic E-state index is 3.70. The molecular weight excluding hydrogens is 292 g/mol. The molecule has 1 N–H and O–H groups in total. The van der Waals surface area contributed by atoms with Crippen molar-refractivity contribution in [2.75, 3.05) is 0 Å². The minimum atomic E-state index is 0. The number of benzene rings is 2. The number of aromatic nitrogens is 1. The first kappa shape index (κ1) is 14.9. The molecule has 1 aromatic heterocycles. The molecule has 3 aromatic rings. The highest BCUT2D eigenvalue weighted by molar-refractivity contribution is 5.85. The highest BCUT2D eigenvalue weighted by Crippen LogP contribution is 2.30. The van der Waals surface area contributed by atoms with Gasteiger partial charge in [-0.25, -0.2) is 0 Å². The lowest BCUT2D eigenvalue weighted by atomic mass is 10.0. The van der Waals surface area contributed by atoms with E-state index in [4.69, 9.17) is 0 Å². The number of aryl methyl sites for hydroxylation is 1. The highest BCUT2D eigenvalue weighted by Gasteiger charge is 2.22. The number of hydrogen-bond donors (Lipinski definition) is 1. The Labute approximate surface area is 137 Å². The average Bonchev–Trinajstić information content (AvgIpc) is 2.93. The van der Waals surface area contributed by atoms with Crippen molar-refractivity contribution < 1.29 is 0 Å². The van der Waals surface area contributed by atoms with Crippen molar-refractivity contribution in [1.82, 2.24) is 9.88 Å². The van der Waals surface area contributed by atoms with E-state index in [1.807, 2.05) is 0 Å². The topological polar surface area (TPSA) is 17.0 Å². The Kier molecular flexibility index (Phi) is 4.06. The minimum Gasteiger partial charge on any atom is -0.319 e. The minimum absolute atomic E-state index is 0. The van der Waals surface area contributed by atoms with E-state index in [0.717, 1.165) is 6.54 Å². The molecule has 22 heavy (non-hydrogen) atoms. The van der Waals surface area contributed by atoms with Gasteiger partial charge in [0.05, 0.1) is 6.04 Å². The largest absolute Gasteiger partial charge is 0.319 e. The summed E-state index contributed by atoms with van der Waals surface area (Å²) in [7, 11) is 0. The van der Waals surface area contributed by atoms with Crippen molar-refractivity contribution in [3.63, 3.8) is 0 Å². The fourth-order valence-electron chi connectivity index (χ4n) is 3.11. The fourth-order valence-corrected chi connectivity index (χ4v) is 3.11. The molecule has 0 saturated heterocycles. The third kappa shape index (κ3) is 2.45. The van der Waals surface area contributed by atoms with Crippen LogP contribution in [0.15, 0.2) is 66.9 Å². The van der Waals surface area contributed by atoms with E-state index in [9.17, 15) is 0 Å². The van der Waals surface area contributed by atoms with Gasteiger partial charge in [0.1, 0.15) is 0 Å². The summed E-state index contributed by atoms with van der Waals surface area (Å²) in [5.74, 6) is 0. The number of para-hydroxylation sites is 1. The van der Waals surface area contributed by atoms with Gasteiger partial charge in [-0.05, 0) is 36.2 Å². The van der Waals surface area contributed by atoms with Gasteiger partial charge in [0.2, 0.25) is 0 Å². The van der Waals surface area contributed by atoms with Crippen LogP contribution in [-0.2, 0) is 6.54 Å². The first-order valence-corrected chi connectivity index (χ1v) is 7.38. The van der Waals surface area contributed by atoms with E-state index >= 15 is 0 Å². The van der Waals surface area contributed by atoms with E-state index in [2.05, 4.69) is 83.7 Å². The second-order valence-corrected chi connectivity index (χ2v) is 5.66. The van der Waals surface area contributed by atoms with Gasteiger partial charge >= 0.3 is 0 Å². The Hall–Kier alpha value is -2.03. The zero-order valence-corrected chi connectivity index (χ0v) is 13.3. The molecule has 0 bridgehead atoms. The quantitative estimate of drug-likeness (QED) is 0.705. The van der Waals surface area contributed by atoms with Gasteiger partial charge in [-0.2, -0.15) is 0 Å². The van der Waals surface area contributed by atoms with Crippen LogP contribution in [0.25, 0.3) is 5.69 Å². The number of nitrogens with zero attached hydrogens (tertiary/aromatic N) is 1. The predicted octanol–water partition coefficient (Wildman–Crippen LogP) is 4.40. The van der Waals surface area contributed by atoms with Crippen LogP contribution in [0.3, 0.4) is 0 Å². The molecule has 0 radical (unpaired) electrons. The van der Waals surface area contributed by atoms with Crippen molar-refractivity contribution >= 4 is 12.4 Å². The van der Waals surface area contributed by atoms with Crippen LogP contribution >= 0.6 is 12.4 Å². The molecule has 4 rings (SSSR count). The summed E-state index contributed by atoms with van der Waals surface area (Å²) in [6.07, 6.45) is 2.16. The van der Waals surface area contributed by atoms with Crippen LogP contribution in [0, 0.1) is 6.92 Å². The summed E-state index contributed by atoms with van der Waals surface area (Å²) in [6, 6.07) is 22.0. The van der Waals surface area contributed by atoms with Crippen LogP contribution in [0.2, 0.25) is 0 Å². The summed E-state index contributed by atoms with van der Waals surface area (Å²) >= 11 is 0. The molecule has 1 unspecified atom stereocenters. The number of rotatable bonds is 1. The van der Waals surface area contributed by atoms with Crippen molar-refractivity contribution in [2.24, 2.45) is 0 Å². The molecule has 0 aliphatic carbocycles.